The normalized spacial score (nSPS) is 19.2. The minimum Gasteiger partial charge on any atom is -0.638 e. The van der Waals surface area contributed by atoms with Gasteiger partial charge in [-0.25, -0.2) is 0 Å². The van der Waals surface area contributed by atoms with Gasteiger partial charge >= 0.3 is 6.48 Å². The first-order valence-corrected chi connectivity index (χ1v) is 12.1. The van der Waals surface area contributed by atoms with E-state index in [1.165, 1.54) is 13.3 Å². The van der Waals surface area contributed by atoms with Gasteiger partial charge in [0.05, 0.1) is 0 Å². The van der Waals surface area contributed by atoms with Gasteiger partial charge in [-0.15, -0.1) is 0 Å². The van der Waals surface area contributed by atoms with Crippen molar-refractivity contribution in [1.82, 2.24) is 5.32 Å². The summed E-state index contributed by atoms with van der Waals surface area (Å²) in [6.45, 7) is -0.608. The maximum absolute atomic E-state index is 12.8. The topological polar surface area (TPSA) is 52.3 Å². The van der Waals surface area contributed by atoms with E-state index >= 15 is 0 Å². The van der Waals surface area contributed by atoms with Crippen LogP contribution in [0.25, 0.3) is 0 Å². The SMILES string of the molecule is CC(=O)C1=C(NC2CCCCC2)O[B-](c2ccccc2)(c2ccccc2)[NH+]=C1C(Cl)(Cl)Cl. The van der Waals surface area contributed by atoms with Crippen molar-refractivity contribution in [1.29, 1.82) is 0 Å². The van der Waals surface area contributed by atoms with Gasteiger partial charge < -0.3 is 14.9 Å². The average Bonchev–Trinajstić information content (AvgIpc) is 2.79. The highest BCUT2D eigenvalue weighted by Crippen LogP contribution is 2.32. The number of Topliss-reactive ketones (excluding diaryl/α,β-unsaturated/α-hetero) is 1. The first kappa shape index (κ1) is 23.2. The number of carbonyl (C=O) groups excluding carboxylic acids is 1. The molecule has 0 unspecified atom stereocenters. The molecule has 168 valence electrons. The second-order valence-electron chi connectivity index (χ2n) is 8.48. The van der Waals surface area contributed by atoms with E-state index in [9.17, 15) is 4.79 Å². The van der Waals surface area contributed by atoms with Crippen LogP contribution in [-0.2, 0) is 9.45 Å². The summed E-state index contributed by atoms with van der Waals surface area (Å²) < 4.78 is 4.90. The van der Waals surface area contributed by atoms with Gasteiger partial charge in [-0.2, -0.15) is 0 Å². The summed E-state index contributed by atoms with van der Waals surface area (Å²) in [5.74, 6) is 0.139. The molecule has 1 aliphatic heterocycles. The molecule has 2 aromatic carbocycles. The van der Waals surface area contributed by atoms with Crippen LogP contribution in [0.5, 0.6) is 0 Å². The Morgan fingerprint density at radius 1 is 0.969 bits per heavy atom. The van der Waals surface area contributed by atoms with Crippen molar-refractivity contribution in [3.05, 3.63) is 72.1 Å². The lowest BCUT2D eigenvalue weighted by Gasteiger charge is -2.41. The Morgan fingerprint density at radius 3 is 1.97 bits per heavy atom. The van der Waals surface area contributed by atoms with Gasteiger partial charge in [-0.05, 0) is 19.8 Å². The van der Waals surface area contributed by atoms with Crippen molar-refractivity contribution < 1.29 is 14.4 Å². The molecule has 4 rings (SSSR count). The van der Waals surface area contributed by atoms with Crippen LogP contribution < -0.4 is 21.1 Å². The molecule has 0 spiro atoms. The maximum atomic E-state index is 12.8. The van der Waals surface area contributed by atoms with Gasteiger partial charge in [0.25, 0.3) is 3.79 Å². The third kappa shape index (κ3) is 4.71. The Hall–Kier alpha value is -1.95. The molecule has 1 saturated carbocycles. The molecule has 0 bridgehead atoms. The second-order valence-corrected chi connectivity index (χ2v) is 10.8. The first-order valence-electron chi connectivity index (χ1n) is 11.0. The van der Waals surface area contributed by atoms with Crippen molar-refractivity contribution >= 4 is 63.7 Å². The van der Waals surface area contributed by atoms with Crippen LogP contribution in [-0.4, -0.2) is 27.8 Å². The third-order valence-corrected chi connectivity index (χ3v) is 6.80. The van der Waals surface area contributed by atoms with Crippen molar-refractivity contribution in [2.45, 2.75) is 48.9 Å². The summed E-state index contributed by atoms with van der Waals surface area (Å²) in [5.41, 5.74) is 2.25. The number of nitrogens with one attached hydrogen (secondary N) is 2. The van der Waals surface area contributed by atoms with E-state index < -0.39 is 10.3 Å². The fourth-order valence-electron chi connectivity index (χ4n) is 4.70. The molecular weight excluding hydrogens is 465 g/mol. The summed E-state index contributed by atoms with van der Waals surface area (Å²) in [6.07, 6.45) is 5.49. The van der Waals surface area contributed by atoms with Gasteiger partial charge in [0, 0.05) is 6.04 Å². The van der Waals surface area contributed by atoms with Gasteiger partial charge in [0.1, 0.15) is 5.57 Å². The van der Waals surface area contributed by atoms with E-state index in [0.29, 0.717) is 5.88 Å². The molecule has 8 heteroatoms. The quantitative estimate of drug-likeness (QED) is 0.500. The van der Waals surface area contributed by atoms with Crippen LogP contribution in [0.4, 0.5) is 0 Å². The number of rotatable bonds is 5. The largest absolute Gasteiger partial charge is 0.638 e. The maximum Gasteiger partial charge on any atom is 0.507 e. The molecule has 2 N–H and O–H groups in total. The minimum absolute atomic E-state index is 0.197. The first-order chi connectivity index (χ1) is 15.3. The molecule has 0 saturated heterocycles. The van der Waals surface area contributed by atoms with Gasteiger partial charge in [0.2, 0.25) is 0 Å². The third-order valence-electron chi connectivity index (χ3n) is 6.23. The van der Waals surface area contributed by atoms with E-state index in [-0.39, 0.29) is 23.1 Å². The highest BCUT2D eigenvalue weighted by Gasteiger charge is 2.51. The van der Waals surface area contributed by atoms with E-state index in [1.54, 1.807) is 0 Å². The van der Waals surface area contributed by atoms with Gasteiger partial charge in [-0.1, -0.05) is 126 Å². The monoisotopic (exact) mass is 490 g/mol. The molecule has 0 aromatic heterocycles. The molecule has 2 aromatic rings. The summed E-state index contributed by atoms with van der Waals surface area (Å²) in [4.78, 5) is 16.2. The Labute approximate surface area is 204 Å². The smallest absolute Gasteiger partial charge is 0.507 e. The highest BCUT2D eigenvalue weighted by molar-refractivity contribution is 6.92. The Balaban J connectivity index is 1.94. The predicted octanol–water partition coefficient (Wildman–Crippen LogP) is 2.89. The number of alkyl halides is 3. The minimum atomic E-state index is -2.07. The zero-order chi connectivity index (χ0) is 22.8. The van der Waals surface area contributed by atoms with Crippen molar-refractivity contribution in [3.63, 3.8) is 0 Å². The van der Waals surface area contributed by atoms with E-state index in [0.717, 1.165) is 36.6 Å². The number of hydrogen-bond acceptors (Lipinski definition) is 3. The molecule has 32 heavy (non-hydrogen) atoms. The summed E-state index contributed by atoms with van der Waals surface area (Å²) in [7, 11) is 0. The van der Waals surface area contributed by atoms with Crippen LogP contribution >= 0.6 is 34.8 Å². The second kappa shape index (κ2) is 9.50. The number of benzene rings is 2. The standard InChI is InChI=1S/C24H26BCl3N2O2/c1-17(31)21-22(24(26,27)28)30-25(18-11-5-2-6-12-18,19-13-7-3-8-14-19)32-23(21)29-20-15-9-4-10-16-20/h2-3,5-8,11-14,20,29-30H,4,9-10,15-16H2,1H3. The molecule has 1 heterocycles. The van der Waals surface area contributed by atoms with Crippen LogP contribution in [0.3, 0.4) is 0 Å². The Bertz CT molecular complexity index is 991. The van der Waals surface area contributed by atoms with Crippen LogP contribution in [0.1, 0.15) is 39.0 Å². The Kier molecular flexibility index (Phi) is 6.90. The number of allylic oxidation sites excluding steroid dienone is 1. The van der Waals surface area contributed by atoms with Crippen molar-refractivity contribution in [2.24, 2.45) is 0 Å². The molecule has 4 nitrogen and oxygen atoms in total. The van der Waals surface area contributed by atoms with Crippen LogP contribution in [0.15, 0.2) is 72.1 Å². The van der Waals surface area contributed by atoms with E-state index in [4.69, 9.17) is 39.5 Å². The summed E-state index contributed by atoms with van der Waals surface area (Å²) >= 11 is 19.3. The lowest BCUT2D eigenvalue weighted by Crippen LogP contribution is -3.03. The number of hydrogen-bond donors (Lipinski definition) is 2. The molecule has 0 radical (unpaired) electrons. The van der Waals surface area contributed by atoms with Crippen molar-refractivity contribution in [3.8, 4) is 0 Å². The Morgan fingerprint density at radius 2 is 1.50 bits per heavy atom. The molecule has 1 aliphatic carbocycles. The summed E-state index contributed by atoms with van der Waals surface area (Å²) in [6, 6.07) is 19.8. The average molecular weight is 492 g/mol. The zero-order valence-corrected chi connectivity index (χ0v) is 20.2. The summed E-state index contributed by atoms with van der Waals surface area (Å²) in [5, 5.41) is 3.50. The zero-order valence-electron chi connectivity index (χ0n) is 17.9. The highest BCUT2D eigenvalue weighted by atomic mass is 35.6. The van der Waals surface area contributed by atoms with Crippen molar-refractivity contribution in [2.75, 3.05) is 0 Å². The lowest BCUT2D eigenvalue weighted by atomic mass is 9.42. The molecule has 2 aliphatic rings. The van der Waals surface area contributed by atoms with Gasteiger partial charge in [-0.3, -0.25) is 4.79 Å². The number of ketones is 1. The molecule has 1 fully saturated rings. The number of carbonyl (C=O) groups is 1. The van der Waals surface area contributed by atoms with Crippen LogP contribution in [0, 0.1) is 0 Å². The van der Waals surface area contributed by atoms with Gasteiger partial charge in [0.15, 0.2) is 17.4 Å². The molecule has 0 atom stereocenters. The molecular formula is C24H26BCl3N2O2. The van der Waals surface area contributed by atoms with E-state index in [1.807, 2.05) is 60.7 Å². The van der Waals surface area contributed by atoms with Crippen LogP contribution in [0.2, 0.25) is 0 Å². The fourth-order valence-corrected chi connectivity index (χ4v) is 5.14. The fraction of sp³-hybridized carbons (Fsp3) is 0.333. The predicted molar refractivity (Wildman–Crippen MR) is 133 cm³/mol. The van der Waals surface area contributed by atoms with E-state index in [2.05, 4.69) is 10.2 Å². The molecule has 0 amide bonds. The number of halogens is 3. The lowest BCUT2D eigenvalue weighted by molar-refractivity contribution is -0.325.